The van der Waals surface area contributed by atoms with Gasteiger partial charge >= 0.3 is 0 Å². The summed E-state index contributed by atoms with van der Waals surface area (Å²) in [5, 5.41) is 16.2. The predicted molar refractivity (Wildman–Crippen MR) is 93.0 cm³/mol. The average Bonchev–Trinajstić information content (AvgIpc) is 3.09. The van der Waals surface area contributed by atoms with Crippen molar-refractivity contribution in [2.75, 3.05) is 19.7 Å². The van der Waals surface area contributed by atoms with Crippen molar-refractivity contribution in [2.24, 2.45) is 5.16 Å². The first-order valence-corrected chi connectivity index (χ1v) is 8.38. The van der Waals surface area contributed by atoms with Gasteiger partial charge in [0, 0.05) is 38.4 Å². The standard InChI is InChI=1S/C18H19N5O3/c1-13-20-18(22-26-13)15-4-2-14(3-5-15)12-17(24)23-9-6-16(7-10-23)21-25-11-8-19/h2-5H,6-7,9-12H2,1H3. The quantitative estimate of drug-likeness (QED) is 0.602. The van der Waals surface area contributed by atoms with Crippen molar-refractivity contribution in [3.8, 4) is 17.5 Å². The smallest absolute Gasteiger partial charge is 0.227 e. The average molecular weight is 353 g/mol. The van der Waals surface area contributed by atoms with Crippen LogP contribution in [0.3, 0.4) is 0 Å². The zero-order valence-corrected chi connectivity index (χ0v) is 14.5. The number of amides is 1. The van der Waals surface area contributed by atoms with Gasteiger partial charge in [0.15, 0.2) is 0 Å². The molecule has 0 aliphatic carbocycles. The molecule has 2 aromatic rings. The van der Waals surface area contributed by atoms with Crippen LogP contribution in [0.4, 0.5) is 0 Å². The Morgan fingerprint density at radius 3 is 2.69 bits per heavy atom. The lowest BCUT2D eigenvalue weighted by atomic mass is 10.1. The van der Waals surface area contributed by atoms with Crippen molar-refractivity contribution in [3.05, 3.63) is 35.7 Å². The number of nitriles is 1. The van der Waals surface area contributed by atoms with Gasteiger partial charge < -0.3 is 14.3 Å². The summed E-state index contributed by atoms with van der Waals surface area (Å²) in [5.74, 6) is 1.15. The first-order valence-electron chi connectivity index (χ1n) is 8.38. The fraction of sp³-hybridized carbons (Fsp3) is 0.389. The van der Waals surface area contributed by atoms with Gasteiger partial charge in [0.2, 0.25) is 24.2 Å². The van der Waals surface area contributed by atoms with E-state index >= 15 is 0 Å². The van der Waals surface area contributed by atoms with Gasteiger partial charge in [0.25, 0.3) is 0 Å². The van der Waals surface area contributed by atoms with Gasteiger partial charge in [-0.1, -0.05) is 34.6 Å². The maximum absolute atomic E-state index is 12.5. The van der Waals surface area contributed by atoms with E-state index < -0.39 is 0 Å². The fourth-order valence-electron chi connectivity index (χ4n) is 2.73. The minimum atomic E-state index is -0.0500. The SMILES string of the molecule is Cc1nc(-c2ccc(CC(=O)N3CCC(=NOCC#N)CC3)cc2)no1. The molecule has 1 aliphatic heterocycles. The normalized spacial score (nSPS) is 14.0. The van der Waals surface area contributed by atoms with E-state index in [4.69, 9.17) is 14.6 Å². The van der Waals surface area contributed by atoms with E-state index in [1.807, 2.05) is 35.2 Å². The molecular formula is C18H19N5O3. The summed E-state index contributed by atoms with van der Waals surface area (Å²) < 4.78 is 4.98. The van der Waals surface area contributed by atoms with Gasteiger partial charge in [-0.25, -0.2) is 0 Å². The molecule has 1 amide bonds. The number of hydrogen-bond donors (Lipinski definition) is 0. The summed E-state index contributed by atoms with van der Waals surface area (Å²) in [4.78, 5) is 23.4. The molecule has 134 valence electrons. The molecule has 0 spiro atoms. The van der Waals surface area contributed by atoms with Gasteiger partial charge in [-0.2, -0.15) is 10.2 Å². The van der Waals surface area contributed by atoms with E-state index in [-0.39, 0.29) is 12.5 Å². The van der Waals surface area contributed by atoms with Gasteiger partial charge in [-0.05, 0) is 5.56 Å². The minimum Gasteiger partial charge on any atom is -0.381 e. The highest BCUT2D eigenvalue weighted by atomic mass is 16.6. The van der Waals surface area contributed by atoms with Crippen LogP contribution >= 0.6 is 0 Å². The van der Waals surface area contributed by atoms with E-state index in [1.165, 1.54) is 0 Å². The molecule has 0 atom stereocenters. The first-order chi connectivity index (χ1) is 12.7. The van der Waals surface area contributed by atoms with Crippen molar-refractivity contribution in [2.45, 2.75) is 26.2 Å². The number of aryl methyl sites for hydroxylation is 1. The first kappa shape index (κ1) is 17.6. The lowest BCUT2D eigenvalue weighted by Crippen LogP contribution is -2.39. The van der Waals surface area contributed by atoms with Crippen molar-refractivity contribution >= 4 is 11.6 Å². The lowest BCUT2D eigenvalue weighted by Gasteiger charge is -2.27. The van der Waals surface area contributed by atoms with Gasteiger partial charge in [-0.3, -0.25) is 4.79 Å². The zero-order valence-electron chi connectivity index (χ0n) is 14.5. The number of likely N-dealkylation sites (tertiary alicyclic amines) is 1. The van der Waals surface area contributed by atoms with Crippen LogP contribution in [-0.2, 0) is 16.1 Å². The van der Waals surface area contributed by atoms with Gasteiger partial charge in [0.05, 0.1) is 12.1 Å². The molecule has 1 aromatic heterocycles. The summed E-state index contributed by atoms with van der Waals surface area (Å²) in [6.07, 6.45) is 1.70. The summed E-state index contributed by atoms with van der Waals surface area (Å²) in [7, 11) is 0. The number of hydrogen-bond acceptors (Lipinski definition) is 7. The Hall–Kier alpha value is -3.21. The monoisotopic (exact) mass is 353 g/mol. The van der Waals surface area contributed by atoms with Crippen LogP contribution < -0.4 is 0 Å². The largest absolute Gasteiger partial charge is 0.381 e. The van der Waals surface area contributed by atoms with E-state index in [0.717, 1.165) is 16.8 Å². The Morgan fingerprint density at radius 1 is 1.35 bits per heavy atom. The van der Waals surface area contributed by atoms with E-state index in [0.29, 0.717) is 44.1 Å². The summed E-state index contributed by atoms with van der Waals surface area (Å²) >= 11 is 0. The molecule has 8 heteroatoms. The maximum atomic E-state index is 12.5. The number of nitrogens with zero attached hydrogens (tertiary/aromatic N) is 5. The molecule has 1 saturated heterocycles. The van der Waals surface area contributed by atoms with Crippen molar-refractivity contribution in [1.29, 1.82) is 5.26 Å². The van der Waals surface area contributed by atoms with Gasteiger partial charge in [0.1, 0.15) is 6.07 Å². The highest BCUT2D eigenvalue weighted by Gasteiger charge is 2.20. The Kier molecular flexibility index (Phi) is 5.59. The van der Waals surface area contributed by atoms with Crippen LogP contribution in [0, 0.1) is 18.3 Å². The van der Waals surface area contributed by atoms with Crippen molar-refractivity contribution in [3.63, 3.8) is 0 Å². The topological polar surface area (TPSA) is 105 Å². The zero-order chi connectivity index (χ0) is 18.4. The predicted octanol–water partition coefficient (Wildman–Crippen LogP) is 2.11. The van der Waals surface area contributed by atoms with E-state index in [2.05, 4.69) is 15.3 Å². The second-order valence-corrected chi connectivity index (χ2v) is 5.98. The molecule has 0 unspecified atom stereocenters. The van der Waals surface area contributed by atoms with Gasteiger partial charge in [-0.15, -0.1) is 0 Å². The highest BCUT2D eigenvalue weighted by Crippen LogP contribution is 2.17. The number of oxime groups is 1. The Morgan fingerprint density at radius 2 is 2.08 bits per heavy atom. The molecule has 0 N–H and O–H groups in total. The molecule has 26 heavy (non-hydrogen) atoms. The van der Waals surface area contributed by atoms with E-state index in [1.54, 1.807) is 6.92 Å². The molecule has 1 fully saturated rings. The van der Waals surface area contributed by atoms with E-state index in [9.17, 15) is 4.79 Å². The second kappa shape index (κ2) is 8.25. The summed E-state index contributed by atoms with van der Waals surface area (Å²) in [6.45, 7) is 2.93. The third kappa shape index (κ3) is 4.45. The summed E-state index contributed by atoms with van der Waals surface area (Å²) in [6, 6.07) is 9.47. The van der Waals surface area contributed by atoms with Crippen LogP contribution in [0.15, 0.2) is 33.9 Å². The fourth-order valence-corrected chi connectivity index (χ4v) is 2.73. The second-order valence-electron chi connectivity index (χ2n) is 5.98. The molecule has 0 bridgehead atoms. The van der Waals surface area contributed by atoms with Crippen molar-refractivity contribution in [1.82, 2.24) is 15.0 Å². The molecule has 8 nitrogen and oxygen atoms in total. The number of benzene rings is 1. The van der Waals surface area contributed by atoms with Crippen LogP contribution in [0.1, 0.15) is 24.3 Å². The minimum absolute atomic E-state index is 0.0500. The molecule has 0 radical (unpaired) electrons. The highest BCUT2D eigenvalue weighted by molar-refractivity contribution is 5.87. The molecular weight excluding hydrogens is 334 g/mol. The van der Waals surface area contributed by atoms with Crippen LogP contribution in [0.25, 0.3) is 11.4 Å². The number of aromatic nitrogens is 2. The number of carbonyl (C=O) groups excluding carboxylic acids is 1. The molecule has 2 heterocycles. The lowest BCUT2D eigenvalue weighted by molar-refractivity contribution is -0.130. The van der Waals surface area contributed by atoms with Crippen LogP contribution in [-0.4, -0.2) is 46.4 Å². The molecule has 3 rings (SSSR count). The Labute approximate surface area is 151 Å². The number of carbonyl (C=O) groups is 1. The Balaban J connectivity index is 1.52. The maximum Gasteiger partial charge on any atom is 0.227 e. The van der Waals surface area contributed by atoms with Crippen LogP contribution in [0.2, 0.25) is 0 Å². The number of rotatable bonds is 5. The number of piperidine rings is 1. The van der Waals surface area contributed by atoms with Crippen LogP contribution in [0.5, 0.6) is 0 Å². The van der Waals surface area contributed by atoms with Crippen molar-refractivity contribution < 1.29 is 14.2 Å². The Bertz CT molecular complexity index is 825. The molecule has 1 aliphatic rings. The summed E-state index contributed by atoms with van der Waals surface area (Å²) in [5.41, 5.74) is 2.69. The third-order valence-electron chi connectivity index (χ3n) is 4.11. The molecule has 0 saturated carbocycles. The molecule has 1 aromatic carbocycles. The third-order valence-corrected chi connectivity index (χ3v) is 4.11.